The molecule has 0 saturated heterocycles. The summed E-state index contributed by atoms with van der Waals surface area (Å²) in [5.41, 5.74) is -2.50. The molecule has 0 aromatic rings. The van der Waals surface area contributed by atoms with Crippen molar-refractivity contribution in [1.82, 2.24) is 6.15 Å². The van der Waals surface area contributed by atoms with Gasteiger partial charge in [0, 0.05) is 0 Å². The molecule has 0 bridgehead atoms. The van der Waals surface area contributed by atoms with Crippen molar-refractivity contribution in [3.8, 4) is 0 Å². The monoisotopic (exact) mass is 223 g/mol. The third kappa shape index (κ3) is 6.45. The van der Waals surface area contributed by atoms with Gasteiger partial charge in [-0.25, -0.2) is 0 Å². The van der Waals surface area contributed by atoms with Crippen molar-refractivity contribution in [3.63, 3.8) is 0 Å². The van der Waals surface area contributed by atoms with Gasteiger partial charge in [0.1, 0.15) is 5.75 Å². The van der Waals surface area contributed by atoms with Gasteiger partial charge in [-0.15, -0.1) is 0 Å². The second kappa shape index (κ2) is 4.11. The SMILES string of the molecule is N.O=S(=O)(O)CC(O)S(=O)(=O)O. The first kappa shape index (κ1) is 14.3. The van der Waals surface area contributed by atoms with Gasteiger partial charge in [0.2, 0.25) is 0 Å². The van der Waals surface area contributed by atoms with E-state index in [1.165, 1.54) is 0 Å². The van der Waals surface area contributed by atoms with Gasteiger partial charge < -0.3 is 11.3 Å². The van der Waals surface area contributed by atoms with E-state index in [-0.39, 0.29) is 6.15 Å². The number of rotatable bonds is 3. The molecule has 0 aromatic heterocycles. The van der Waals surface area contributed by atoms with Gasteiger partial charge in [0.05, 0.1) is 0 Å². The van der Waals surface area contributed by atoms with E-state index in [1.807, 2.05) is 0 Å². The van der Waals surface area contributed by atoms with Crippen LogP contribution >= 0.6 is 0 Å². The Bertz CT molecular complexity index is 313. The number of aliphatic hydroxyl groups excluding tert-OH is 1. The Kier molecular flexibility index (Phi) is 4.89. The van der Waals surface area contributed by atoms with E-state index < -0.39 is 31.4 Å². The zero-order valence-corrected chi connectivity index (χ0v) is 7.42. The molecule has 0 rings (SSSR count). The average molecular weight is 223 g/mol. The van der Waals surface area contributed by atoms with Gasteiger partial charge in [-0.1, -0.05) is 0 Å². The van der Waals surface area contributed by atoms with E-state index in [9.17, 15) is 16.8 Å². The van der Waals surface area contributed by atoms with Crippen molar-refractivity contribution in [2.24, 2.45) is 0 Å². The Morgan fingerprint density at radius 3 is 1.50 bits per heavy atom. The number of hydrogen-bond acceptors (Lipinski definition) is 6. The third-order valence-electron chi connectivity index (χ3n) is 0.697. The van der Waals surface area contributed by atoms with Crippen molar-refractivity contribution in [2.45, 2.75) is 5.44 Å². The third-order valence-corrected chi connectivity index (χ3v) is 2.50. The van der Waals surface area contributed by atoms with Gasteiger partial charge in [0.25, 0.3) is 20.2 Å². The molecule has 76 valence electrons. The largest absolute Gasteiger partial charge is 0.374 e. The lowest BCUT2D eigenvalue weighted by atomic mass is 10.9. The Hall–Kier alpha value is -0.260. The van der Waals surface area contributed by atoms with Gasteiger partial charge in [0.15, 0.2) is 5.44 Å². The fraction of sp³-hybridized carbons (Fsp3) is 1.00. The van der Waals surface area contributed by atoms with Crippen molar-refractivity contribution in [3.05, 3.63) is 0 Å². The molecule has 8 nitrogen and oxygen atoms in total. The minimum Gasteiger partial charge on any atom is -0.374 e. The summed E-state index contributed by atoms with van der Waals surface area (Å²) in [6.45, 7) is 0. The molecule has 0 aliphatic heterocycles. The second-order valence-corrected chi connectivity index (χ2v) is 4.79. The highest BCUT2D eigenvalue weighted by Gasteiger charge is 2.25. The highest BCUT2D eigenvalue weighted by atomic mass is 32.2. The van der Waals surface area contributed by atoms with E-state index in [0.717, 1.165) is 0 Å². The predicted molar refractivity (Wildman–Crippen MR) is 39.0 cm³/mol. The average Bonchev–Trinajstić information content (AvgIpc) is 1.56. The maximum atomic E-state index is 9.94. The minimum atomic E-state index is -4.82. The predicted octanol–water partition coefficient (Wildman–Crippen LogP) is -1.76. The van der Waals surface area contributed by atoms with Crippen molar-refractivity contribution < 1.29 is 31.0 Å². The molecule has 0 radical (unpaired) electrons. The van der Waals surface area contributed by atoms with Crippen molar-refractivity contribution >= 4 is 20.2 Å². The highest BCUT2D eigenvalue weighted by Crippen LogP contribution is 1.97. The summed E-state index contributed by atoms with van der Waals surface area (Å²) in [5, 5.41) is 8.34. The van der Waals surface area contributed by atoms with Crippen LogP contribution in [0.5, 0.6) is 0 Å². The zero-order chi connectivity index (χ0) is 9.28. The summed E-state index contributed by atoms with van der Waals surface area (Å²) in [6.07, 6.45) is 0. The standard InChI is InChI=1S/C2H6O7S2.H3N/c3-2(11(7,8)9)1-10(4,5)6;/h2-3H,1H2,(H,4,5,6)(H,7,8,9);1H3. The van der Waals surface area contributed by atoms with E-state index in [4.69, 9.17) is 14.2 Å². The summed E-state index contributed by atoms with van der Waals surface area (Å²) in [7, 11) is -9.42. The van der Waals surface area contributed by atoms with Crippen LogP contribution in [0.25, 0.3) is 0 Å². The number of aliphatic hydroxyl groups is 1. The van der Waals surface area contributed by atoms with Gasteiger partial charge in [-0.2, -0.15) is 16.8 Å². The number of hydrogen-bond donors (Lipinski definition) is 4. The van der Waals surface area contributed by atoms with E-state index in [0.29, 0.717) is 0 Å². The van der Waals surface area contributed by atoms with Gasteiger partial charge in [-0.05, 0) is 0 Å². The summed E-state index contributed by atoms with van der Waals surface area (Å²) in [5.74, 6) is -1.44. The van der Waals surface area contributed by atoms with Crippen molar-refractivity contribution in [1.29, 1.82) is 0 Å². The summed E-state index contributed by atoms with van der Waals surface area (Å²) in [6, 6.07) is 0. The molecule has 0 saturated carbocycles. The fourth-order valence-corrected chi connectivity index (χ4v) is 1.83. The molecule has 0 aliphatic rings. The van der Waals surface area contributed by atoms with Gasteiger partial charge in [-0.3, -0.25) is 9.11 Å². The molecule has 6 N–H and O–H groups in total. The van der Waals surface area contributed by atoms with Crippen molar-refractivity contribution in [2.75, 3.05) is 5.75 Å². The molecule has 0 amide bonds. The molecule has 1 unspecified atom stereocenters. The summed E-state index contributed by atoms with van der Waals surface area (Å²) < 4.78 is 55.7. The molecular formula is C2H9NO7S2. The molecule has 10 heteroatoms. The van der Waals surface area contributed by atoms with Crippen LogP contribution in [0.15, 0.2) is 0 Å². The van der Waals surface area contributed by atoms with Crippen LogP contribution in [0, 0.1) is 0 Å². The van der Waals surface area contributed by atoms with Crippen LogP contribution in [-0.4, -0.2) is 42.2 Å². The minimum absolute atomic E-state index is 0. The van der Waals surface area contributed by atoms with Crippen LogP contribution in [0.1, 0.15) is 0 Å². The lowest BCUT2D eigenvalue weighted by Gasteiger charge is -2.02. The first-order valence-corrected chi connectivity index (χ1v) is 5.34. The molecule has 0 fully saturated rings. The zero-order valence-electron chi connectivity index (χ0n) is 5.78. The first-order valence-electron chi connectivity index (χ1n) is 2.22. The molecule has 0 spiro atoms. The molecule has 12 heavy (non-hydrogen) atoms. The van der Waals surface area contributed by atoms with E-state index in [2.05, 4.69) is 0 Å². The molecule has 1 atom stereocenters. The maximum Gasteiger partial charge on any atom is 0.293 e. The maximum absolute atomic E-state index is 9.94. The fourth-order valence-electron chi connectivity index (χ4n) is 0.266. The van der Waals surface area contributed by atoms with Crippen LogP contribution in [0.3, 0.4) is 0 Å². The van der Waals surface area contributed by atoms with Crippen LogP contribution in [0.4, 0.5) is 0 Å². The molecule has 0 aliphatic carbocycles. The first-order chi connectivity index (χ1) is 4.63. The van der Waals surface area contributed by atoms with E-state index in [1.54, 1.807) is 0 Å². The van der Waals surface area contributed by atoms with Crippen LogP contribution in [-0.2, 0) is 20.2 Å². The molecule has 0 aromatic carbocycles. The van der Waals surface area contributed by atoms with E-state index >= 15 is 0 Å². The van der Waals surface area contributed by atoms with Gasteiger partial charge >= 0.3 is 0 Å². The second-order valence-electron chi connectivity index (χ2n) is 1.72. The normalized spacial score (nSPS) is 14.9. The lowest BCUT2D eigenvalue weighted by Crippen LogP contribution is -2.28. The Morgan fingerprint density at radius 2 is 1.42 bits per heavy atom. The summed E-state index contributed by atoms with van der Waals surface area (Å²) >= 11 is 0. The lowest BCUT2D eigenvalue weighted by molar-refractivity contribution is 0.250. The van der Waals surface area contributed by atoms with Crippen LogP contribution in [0.2, 0.25) is 0 Å². The quantitative estimate of drug-likeness (QED) is 0.408. The Balaban J connectivity index is 0. The highest BCUT2D eigenvalue weighted by molar-refractivity contribution is 7.89. The molecule has 0 heterocycles. The Labute approximate surface area is 69.3 Å². The Morgan fingerprint density at radius 1 is 1.08 bits per heavy atom. The molecular weight excluding hydrogens is 214 g/mol. The van der Waals surface area contributed by atoms with Crippen LogP contribution < -0.4 is 6.15 Å². The topological polar surface area (TPSA) is 164 Å². The smallest absolute Gasteiger partial charge is 0.293 e. The summed E-state index contributed by atoms with van der Waals surface area (Å²) in [4.78, 5) is 0.